The van der Waals surface area contributed by atoms with Gasteiger partial charge in [-0.1, -0.05) is 30.3 Å². The Bertz CT molecular complexity index is 904. The Balaban J connectivity index is 1.88. The van der Waals surface area contributed by atoms with Crippen molar-refractivity contribution >= 4 is 16.9 Å². The third-order valence-electron chi connectivity index (χ3n) is 3.94. The van der Waals surface area contributed by atoms with Gasteiger partial charge in [-0.2, -0.15) is 0 Å². The van der Waals surface area contributed by atoms with E-state index in [2.05, 4.69) is 4.98 Å². The molecule has 1 unspecified atom stereocenters. The Hall–Kier alpha value is -3.35. The summed E-state index contributed by atoms with van der Waals surface area (Å²) in [7, 11) is 0. The van der Waals surface area contributed by atoms with Crippen molar-refractivity contribution in [1.29, 1.82) is 0 Å². The lowest BCUT2D eigenvalue weighted by molar-refractivity contribution is -0.481. The fraction of sp³-hybridized carbons (Fsp3) is 0.167. The van der Waals surface area contributed by atoms with E-state index >= 15 is 0 Å². The number of carboxylic acids is 1. The zero-order chi connectivity index (χ0) is 17.8. The van der Waals surface area contributed by atoms with E-state index in [-0.39, 0.29) is 0 Å². The molecule has 0 aliphatic heterocycles. The Morgan fingerprint density at radius 3 is 2.68 bits per heavy atom. The SMILES string of the molecule is O=C(O)C(C[N+](=O)[O-])c1c[nH]c2ccc(OCc3ccccc3)cc12. The number of carboxylic acid groups (broad SMARTS) is 1. The molecule has 3 aromatic rings. The van der Waals surface area contributed by atoms with Crippen LogP contribution in [0.15, 0.2) is 54.7 Å². The molecule has 1 aromatic heterocycles. The maximum atomic E-state index is 11.4. The first-order chi connectivity index (χ1) is 12.0. The largest absolute Gasteiger partial charge is 0.489 e. The van der Waals surface area contributed by atoms with Crippen LogP contribution in [0, 0.1) is 10.1 Å². The number of ether oxygens (including phenoxy) is 1. The fourth-order valence-electron chi connectivity index (χ4n) is 2.70. The van der Waals surface area contributed by atoms with Gasteiger partial charge in [-0.3, -0.25) is 14.9 Å². The molecule has 0 amide bonds. The van der Waals surface area contributed by atoms with Gasteiger partial charge in [0.25, 0.3) is 0 Å². The number of hydrogen-bond acceptors (Lipinski definition) is 4. The lowest BCUT2D eigenvalue weighted by Gasteiger charge is -2.09. The number of nitrogens with one attached hydrogen (secondary N) is 1. The third kappa shape index (κ3) is 3.77. The van der Waals surface area contributed by atoms with Gasteiger partial charge in [0.1, 0.15) is 18.3 Å². The molecule has 3 rings (SSSR count). The van der Waals surface area contributed by atoms with Crippen molar-refractivity contribution in [2.75, 3.05) is 6.54 Å². The van der Waals surface area contributed by atoms with Crippen molar-refractivity contribution in [3.63, 3.8) is 0 Å². The second-order valence-corrected chi connectivity index (χ2v) is 5.63. The van der Waals surface area contributed by atoms with Gasteiger partial charge in [0, 0.05) is 22.0 Å². The number of aliphatic carboxylic acids is 1. The van der Waals surface area contributed by atoms with E-state index in [9.17, 15) is 20.0 Å². The van der Waals surface area contributed by atoms with Gasteiger partial charge >= 0.3 is 5.97 Å². The number of carbonyl (C=O) groups is 1. The third-order valence-corrected chi connectivity index (χ3v) is 3.94. The van der Waals surface area contributed by atoms with Crippen LogP contribution in [0.25, 0.3) is 10.9 Å². The molecule has 0 aliphatic rings. The summed E-state index contributed by atoms with van der Waals surface area (Å²) in [5.41, 5.74) is 2.09. The van der Waals surface area contributed by atoms with Gasteiger partial charge in [0.15, 0.2) is 0 Å². The van der Waals surface area contributed by atoms with Gasteiger partial charge in [0.05, 0.1) is 0 Å². The summed E-state index contributed by atoms with van der Waals surface area (Å²) >= 11 is 0. The molecule has 0 saturated heterocycles. The minimum atomic E-state index is -1.23. The van der Waals surface area contributed by atoms with E-state index in [4.69, 9.17) is 4.74 Å². The molecule has 2 aromatic carbocycles. The zero-order valence-electron chi connectivity index (χ0n) is 13.2. The maximum absolute atomic E-state index is 11.4. The normalized spacial score (nSPS) is 12.0. The molecule has 0 bridgehead atoms. The van der Waals surface area contributed by atoms with Crippen molar-refractivity contribution in [3.8, 4) is 5.75 Å². The number of nitrogens with zero attached hydrogens (tertiary/aromatic N) is 1. The van der Waals surface area contributed by atoms with E-state index in [1.807, 2.05) is 30.3 Å². The van der Waals surface area contributed by atoms with E-state index < -0.39 is 23.4 Å². The van der Waals surface area contributed by atoms with Crippen LogP contribution in [-0.4, -0.2) is 27.5 Å². The highest BCUT2D eigenvalue weighted by atomic mass is 16.6. The molecular weight excluding hydrogens is 324 g/mol. The standard InChI is InChI=1S/C18H16N2O5/c21-18(22)16(10-20(23)24)15-9-19-17-7-6-13(8-14(15)17)25-11-12-4-2-1-3-5-12/h1-9,16,19H,10-11H2,(H,21,22). The first-order valence-electron chi connectivity index (χ1n) is 7.67. The van der Waals surface area contributed by atoms with Crippen molar-refractivity contribution in [1.82, 2.24) is 4.98 Å². The molecule has 1 heterocycles. The highest BCUT2D eigenvalue weighted by Gasteiger charge is 2.28. The molecular formula is C18H16N2O5. The summed E-state index contributed by atoms with van der Waals surface area (Å²) in [4.78, 5) is 24.5. The van der Waals surface area contributed by atoms with E-state index in [1.54, 1.807) is 18.2 Å². The lowest BCUT2D eigenvalue weighted by Crippen LogP contribution is -2.20. The van der Waals surface area contributed by atoms with Gasteiger partial charge in [0.2, 0.25) is 6.54 Å². The van der Waals surface area contributed by atoms with Crippen LogP contribution in [0.3, 0.4) is 0 Å². The highest BCUT2D eigenvalue weighted by Crippen LogP contribution is 2.29. The molecule has 0 radical (unpaired) electrons. The van der Waals surface area contributed by atoms with Crippen LogP contribution in [-0.2, 0) is 11.4 Å². The maximum Gasteiger partial charge on any atom is 0.317 e. The topological polar surface area (TPSA) is 105 Å². The minimum absolute atomic E-state index is 0.378. The van der Waals surface area contributed by atoms with Crippen molar-refractivity contribution in [2.45, 2.75) is 12.5 Å². The molecule has 2 N–H and O–H groups in total. The van der Waals surface area contributed by atoms with Gasteiger partial charge in [-0.15, -0.1) is 0 Å². The summed E-state index contributed by atoms with van der Waals surface area (Å²) in [6.07, 6.45) is 1.51. The van der Waals surface area contributed by atoms with E-state index in [0.717, 1.165) is 5.56 Å². The molecule has 25 heavy (non-hydrogen) atoms. The summed E-state index contributed by atoms with van der Waals surface area (Å²) in [5, 5.41) is 20.7. The average molecular weight is 340 g/mol. The summed E-state index contributed by atoms with van der Waals surface area (Å²) in [5.74, 6) is -1.87. The van der Waals surface area contributed by atoms with Crippen molar-refractivity contribution in [3.05, 3.63) is 76.0 Å². The molecule has 128 valence electrons. The van der Waals surface area contributed by atoms with Crippen LogP contribution in [0.1, 0.15) is 17.0 Å². The first kappa shape index (κ1) is 16.5. The average Bonchev–Trinajstić information content (AvgIpc) is 3.01. The summed E-state index contributed by atoms with van der Waals surface area (Å²) in [6.45, 7) is -0.291. The monoisotopic (exact) mass is 340 g/mol. The van der Waals surface area contributed by atoms with Crippen LogP contribution in [0.2, 0.25) is 0 Å². The number of nitro groups is 1. The van der Waals surface area contributed by atoms with Crippen LogP contribution in [0.5, 0.6) is 5.75 Å². The Morgan fingerprint density at radius 1 is 1.24 bits per heavy atom. The molecule has 0 fully saturated rings. The molecule has 7 heteroatoms. The van der Waals surface area contributed by atoms with Crippen LogP contribution in [0.4, 0.5) is 0 Å². The highest BCUT2D eigenvalue weighted by molar-refractivity contribution is 5.90. The van der Waals surface area contributed by atoms with Crippen LogP contribution >= 0.6 is 0 Å². The molecule has 0 spiro atoms. The fourth-order valence-corrected chi connectivity index (χ4v) is 2.70. The first-order valence-corrected chi connectivity index (χ1v) is 7.67. The van der Waals surface area contributed by atoms with Gasteiger partial charge < -0.3 is 14.8 Å². The number of aromatic nitrogens is 1. The van der Waals surface area contributed by atoms with Gasteiger partial charge in [-0.05, 0) is 29.3 Å². The van der Waals surface area contributed by atoms with E-state index in [1.165, 1.54) is 6.20 Å². The summed E-state index contributed by atoms with van der Waals surface area (Å²) in [6, 6.07) is 14.9. The number of fused-ring (bicyclic) bond motifs is 1. The van der Waals surface area contributed by atoms with Crippen molar-refractivity contribution < 1.29 is 19.6 Å². The Labute approximate surface area is 143 Å². The quantitative estimate of drug-likeness (QED) is 0.507. The predicted octanol–water partition coefficient (Wildman–Crippen LogP) is 3.19. The number of H-pyrrole nitrogens is 1. The van der Waals surface area contributed by atoms with Crippen molar-refractivity contribution in [2.24, 2.45) is 0 Å². The number of hydrogen-bond donors (Lipinski definition) is 2. The molecule has 7 nitrogen and oxygen atoms in total. The second-order valence-electron chi connectivity index (χ2n) is 5.63. The zero-order valence-corrected chi connectivity index (χ0v) is 13.2. The Kier molecular flexibility index (Phi) is 4.65. The number of aromatic amines is 1. The number of benzene rings is 2. The predicted molar refractivity (Wildman–Crippen MR) is 91.3 cm³/mol. The smallest absolute Gasteiger partial charge is 0.317 e. The Morgan fingerprint density at radius 2 is 2.00 bits per heavy atom. The molecule has 1 atom stereocenters. The van der Waals surface area contributed by atoms with E-state index in [0.29, 0.717) is 28.8 Å². The second kappa shape index (κ2) is 7.04. The lowest BCUT2D eigenvalue weighted by atomic mass is 9.98. The van der Waals surface area contributed by atoms with Gasteiger partial charge in [-0.25, -0.2) is 0 Å². The van der Waals surface area contributed by atoms with Crippen LogP contribution < -0.4 is 4.74 Å². The molecule has 0 aliphatic carbocycles. The summed E-state index contributed by atoms with van der Waals surface area (Å²) < 4.78 is 5.75. The molecule has 0 saturated carbocycles. The minimum Gasteiger partial charge on any atom is -0.489 e. The number of rotatable bonds is 7.